The molecule has 1 aromatic carbocycles. The molecule has 6 heteroatoms. The lowest BCUT2D eigenvalue weighted by molar-refractivity contribution is 0.0607. The maximum atomic E-state index is 12.5. The molecule has 0 aliphatic heterocycles. The number of pyridine rings is 1. The number of hydrogen-bond donors (Lipinski definition) is 1. The summed E-state index contributed by atoms with van der Waals surface area (Å²) in [6.07, 6.45) is 1.64. The highest BCUT2D eigenvalue weighted by molar-refractivity contribution is 7.21. The van der Waals surface area contributed by atoms with E-state index in [9.17, 15) is 9.59 Å². The minimum Gasteiger partial charge on any atom is -0.465 e. The number of methoxy groups -OCH3 is 1. The van der Waals surface area contributed by atoms with E-state index >= 15 is 0 Å². The molecule has 1 amide bonds. The first-order chi connectivity index (χ1) is 11.1. The Labute approximate surface area is 136 Å². The molecular weight excluding hydrogens is 312 g/mol. The number of aromatic nitrogens is 1. The number of anilines is 1. The molecule has 0 spiro atoms. The maximum absolute atomic E-state index is 12.5. The zero-order valence-corrected chi connectivity index (χ0v) is 13.4. The normalized spacial score (nSPS) is 10.5. The van der Waals surface area contributed by atoms with Crippen LogP contribution in [0.2, 0.25) is 0 Å². The van der Waals surface area contributed by atoms with E-state index in [-0.39, 0.29) is 5.91 Å². The van der Waals surface area contributed by atoms with E-state index in [0.29, 0.717) is 21.0 Å². The number of carbonyl (C=O) groups excluding carboxylic acids is 2. The van der Waals surface area contributed by atoms with Crippen molar-refractivity contribution >= 4 is 39.1 Å². The molecule has 2 heterocycles. The number of aryl methyl sites for hydroxylation is 1. The van der Waals surface area contributed by atoms with Gasteiger partial charge in [-0.1, -0.05) is 17.7 Å². The lowest BCUT2D eigenvalue weighted by atomic mass is 10.1. The van der Waals surface area contributed by atoms with Gasteiger partial charge in [-0.2, -0.15) is 0 Å². The van der Waals surface area contributed by atoms with Gasteiger partial charge in [-0.3, -0.25) is 4.79 Å². The number of hydrogen-bond acceptors (Lipinski definition) is 5. The fourth-order valence-electron chi connectivity index (χ4n) is 2.26. The third kappa shape index (κ3) is 2.93. The second-order valence-corrected chi connectivity index (χ2v) is 5.98. The Bertz CT molecular complexity index is 902. The molecule has 23 heavy (non-hydrogen) atoms. The van der Waals surface area contributed by atoms with Crippen LogP contribution in [0.4, 0.5) is 5.69 Å². The standard InChI is InChI=1S/C17H14N2O3S/c1-10-5-3-6-11(9-10)15(20)19-13-12-7-4-8-18-16(12)23-14(13)17(21)22-2/h3-9H,1-2H3,(H,19,20). The minimum absolute atomic E-state index is 0.276. The summed E-state index contributed by atoms with van der Waals surface area (Å²) in [6, 6.07) is 10.8. The second kappa shape index (κ2) is 6.18. The summed E-state index contributed by atoms with van der Waals surface area (Å²) in [4.78, 5) is 29.7. The molecule has 3 rings (SSSR count). The first-order valence-corrected chi connectivity index (χ1v) is 7.75. The second-order valence-electron chi connectivity index (χ2n) is 4.98. The highest BCUT2D eigenvalue weighted by Gasteiger charge is 2.21. The van der Waals surface area contributed by atoms with Gasteiger partial charge in [-0.15, -0.1) is 11.3 Å². The number of ether oxygens (including phenoxy) is 1. The number of rotatable bonds is 3. The van der Waals surface area contributed by atoms with Crippen LogP contribution in [-0.4, -0.2) is 24.0 Å². The third-order valence-corrected chi connectivity index (χ3v) is 4.45. The van der Waals surface area contributed by atoms with Crippen molar-refractivity contribution in [1.29, 1.82) is 0 Å². The number of thiophene rings is 1. The number of nitrogens with zero attached hydrogens (tertiary/aromatic N) is 1. The Morgan fingerprint density at radius 1 is 1.22 bits per heavy atom. The first kappa shape index (κ1) is 15.2. The van der Waals surface area contributed by atoms with Gasteiger partial charge in [-0.25, -0.2) is 9.78 Å². The summed E-state index contributed by atoms with van der Waals surface area (Å²) in [6.45, 7) is 1.92. The molecule has 0 aliphatic rings. The van der Waals surface area contributed by atoms with E-state index in [2.05, 4.69) is 10.3 Å². The number of benzene rings is 1. The van der Waals surface area contributed by atoms with Crippen LogP contribution in [0.1, 0.15) is 25.6 Å². The molecule has 5 nitrogen and oxygen atoms in total. The van der Waals surface area contributed by atoms with Crippen molar-refractivity contribution in [3.05, 3.63) is 58.6 Å². The van der Waals surface area contributed by atoms with Gasteiger partial charge in [0.25, 0.3) is 5.91 Å². The molecule has 0 atom stereocenters. The van der Waals surface area contributed by atoms with Crippen molar-refractivity contribution in [3.8, 4) is 0 Å². The molecular formula is C17H14N2O3S. The molecule has 0 aliphatic carbocycles. The minimum atomic E-state index is -0.493. The number of carbonyl (C=O) groups is 2. The zero-order chi connectivity index (χ0) is 16.4. The Morgan fingerprint density at radius 2 is 2.04 bits per heavy atom. The van der Waals surface area contributed by atoms with Gasteiger partial charge in [0, 0.05) is 17.1 Å². The van der Waals surface area contributed by atoms with Gasteiger partial charge >= 0.3 is 5.97 Å². The number of nitrogens with one attached hydrogen (secondary N) is 1. The van der Waals surface area contributed by atoms with Crippen LogP contribution >= 0.6 is 11.3 Å². The van der Waals surface area contributed by atoms with Crippen molar-refractivity contribution in [3.63, 3.8) is 0 Å². The molecule has 0 fully saturated rings. The monoisotopic (exact) mass is 326 g/mol. The van der Waals surface area contributed by atoms with E-state index < -0.39 is 5.97 Å². The molecule has 3 aromatic rings. The SMILES string of the molecule is COC(=O)c1sc2ncccc2c1NC(=O)c1cccc(C)c1. The van der Waals surface area contributed by atoms with E-state index in [0.717, 1.165) is 10.9 Å². The highest BCUT2D eigenvalue weighted by atomic mass is 32.1. The third-order valence-electron chi connectivity index (χ3n) is 3.36. The molecule has 0 bridgehead atoms. The summed E-state index contributed by atoms with van der Waals surface area (Å²) >= 11 is 1.20. The summed E-state index contributed by atoms with van der Waals surface area (Å²) in [5.41, 5.74) is 1.96. The lowest BCUT2D eigenvalue weighted by Crippen LogP contribution is -2.14. The molecule has 0 unspecified atom stereocenters. The van der Waals surface area contributed by atoms with Crippen molar-refractivity contribution in [1.82, 2.24) is 4.98 Å². The first-order valence-electron chi connectivity index (χ1n) is 6.94. The van der Waals surface area contributed by atoms with E-state index in [4.69, 9.17) is 4.74 Å². The zero-order valence-electron chi connectivity index (χ0n) is 12.6. The lowest BCUT2D eigenvalue weighted by Gasteiger charge is -2.07. The Balaban J connectivity index is 2.04. The number of esters is 1. The van der Waals surface area contributed by atoms with Gasteiger partial charge < -0.3 is 10.1 Å². The Kier molecular flexibility index (Phi) is 4.08. The fourth-order valence-corrected chi connectivity index (χ4v) is 3.28. The predicted molar refractivity (Wildman–Crippen MR) is 90.1 cm³/mol. The van der Waals surface area contributed by atoms with Crippen molar-refractivity contribution in [2.24, 2.45) is 0 Å². The van der Waals surface area contributed by atoms with Crippen molar-refractivity contribution < 1.29 is 14.3 Å². The van der Waals surface area contributed by atoms with Gasteiger partial charge in [0.2, 0.25) is 0 Å². The summed E-state index contributed by atoms with van der Waals surface area (Å²) in [5, 5.41) is 3.54. The van der Waals surface area contributed by atoms with Gasteiger partial charge in [0.05, 0.1) is 12.8 Å². The molecule has 116 valence electrons. The quantitative estimate of drug-likeness (QED) is 0.746. The van der Waals surface area contributed by atoms with Gasteiger partial charge in [0.1, 0.15) is 9.71 Å². The van der Waals surface area contributed by atoms with Gasteiger partial charge in [-0.05, 0) is 31.2 Å². The van der Waals surface area contributed by atoms with E-state index in [1.54, 1.807) is 24.4 Å². The maximum Gasteiger partial charge on any atom is 0.350 e. The summed E-state index contributed by atoms with van der Waals surface area (Å²) < 4.78 is 4.81. The molecule has 2 aromatic heterocycles. The van der Waals surface area contributed by atoms with E-state index in [1.807, 2.05) is 25.1 Å². The molecule has 0 saturated carbocycles. The van der Waals surface area contributed by atoms with Crippen molar-refractivity contribution in [2.75, 3.05) is 12.4 Å². The van der Waals surface area contributed by atoms with Crippen molar-refractivity contribution in [2.45, 2.75) is 6.92 Å². The fraction of sp³-hybridized carbons (Fsp3) is 0.118. The average molecular weight is 326 g/mol. The average Bonchev–Trinajstić information content (AvgIpc) is 2.93. The molecule has 0 radical (unpaired) electrons. The smallest absolute Gasteiger partial charge is 0.350 e. The Morgan fingerprint density at radius 3 is 2.78 bits per heavy atom. The van der Waals surface area contributed by atoms with Crippen LogP contribution < -0.4 is 5.32 Å². The van der Waals surface area contributed by atoms with Crippen LogP contribution in [0.15, 0.2) is 42.6 Å². The van der Waals surface area contributed by atoms with Crippen LogP contribution in [0, 0.1) is 6.92 Å². The van der Waals surface area contributed by atoms with E-state index in [1.165, 1.54) is 18.4 Å². The van der Waals surface area contributed by atoms with Crippen LogP contribution in [0.25, 0.3) is 10.2 Å². The topological polar surface area (TPSA) is 68.3 Å². The van der Waals surface area contributed by atoms with Gasteiger partial charge in [0.15, 0.2) is 0 Å². The Hall–Kier alpha value is -2.73. The van der Waals surface area contributed by atoms with Crippen LogP contribution in [0.3, 0.4) is 0 Å². The summed E-state index contributed by atoms with van der Waals surface area (Å²) in [7, 11) is 1.31. The van der Waals surface area contributed by atoms with Crippen LogP contribution in [0.5, 0.6) is 0 Å². The van der Waals surface area contributed by atoms with Crippen LogP contribution in [-0.2, 0) is 4.74 Å². The largest absolute Gasteiger partial charge is 0.465 e. The number of fused-ring (bicyclic) bond motifs is 1. The molecule has 0 saturated heterocycles. The predicted octanol–water partition coefficient (Wildman–Crippen LogP) is 3.64. The number of amides is 1. The highest BCUT2D eigenvalue weighted by Crippen LogP contribution is 2.35. The summed E-state index contributed by atoms with van der Waals surface area (Å²) in [5.74, 6) is -0.769. The molecule has 1 N–H and O–H groups in total.